The van der Waals surface area contributed by atoms with Crippen molar-refractivity contribution in [2.75, 3.05) is 4.90 Å². The maximum absolute atomic E-state index is 6.75. The van der Waals surface area contributed by atoms with Gasteiger partial charge in [0, 0.05) is 38.6 Å². The lowest BCUT2D eigenvalue weighted by Gasteiger charge is -2.27. The molecule has 0 fully saturated rings. The van der Waals surface area contributed by atoms with E-state index in [4.69, 9.17) is 4.42 Å². The highest BCUT2D eigenvalue weighted by Crippen LogP contribution is 2.46. The van der Waals surface area contributed by atoms with Crippen LogP contribution in [0.5, 0.6) is 0 Å². The summed E-state index contributed by atoms with van der Waals surface area (Å²) in [6.45, 7) is 0. The summed E-state index contributed by atoms with van der Waals surface area (Å²) in [5, 5.41) is 6.89. The van der Waals surface area contributed by atoms with Crippen LogP contribution in [-0.2, 0) is 0 Å². The number of hydrogen-bond donors (Lipinski definition) is 0. The third-order valence-corrected chi connectivity index (χ3v) is 13.4. The van der Waals surface area contributed by atoms with Crippen molar-refractivity contribution in [3.63, 3.8) is 0 Å². The summed E-state index contributed by atoms with van der Waals surface area (Å²) in [4.78, 5) is 2.39. The fourth-order valence-corrected chi connectivity index (χ4v) is 10.1. The Morgan fingerprint density at radius 2 is 0.866 bits per heavy atom. The van der Waals surface area contributed by atoms with Gasteiger partial charge in [-0.25, -0.2) is 0 Å². The molecule has 67 heavy (non-hydrogen) atoms. The number of hydrogen-bond acceptors (Lipinski definition) is 2. The molecular weight excluding hydrogens is 813 g/mol. The van der Waals surface area contributed by atoms with Gasteiger partial charge in [-0.2, -0.15) is 0 Å². The molecule has 0 aliphatic rings. The molecule has 13 aromatic rings. The van der Waals surface area contributed by atoms with Crippen molar-refractivity contribution in [2.45, 2.75) is 0 Å². The van der Waals surface area contributed by atoms with E-state index in [1.165, 1.54) is 49.6 Å². The molecule has 0 aliphatic carbocycles. The minimum absolute atomic E-state index is 0.858. The molecule has 0 atom stereocenters. The largest absolute Gasteiger partial charge is 0.455 e. The summed E-state index contributed by atoms with van der Waals surface area (Å²) in [5.74, 6) is 0. The van der Waals surface area contributed by atoms with Crippen LogP contribution >= 0.6 is 0 Å². The molecule has 0 bridgehead atoms. The number of fused-ring (bicyclic) bond motifs is 8. The van der Waals surface area contributed by atoms with Gasteiger partial charge in [0.1, 0.15) is 11.2 Å². The van der Waals surface area contributed by atoms with E-state index in [-0.39, 0.29) is 0 Å². The average Bonchev–Trinajstić information content (AvgIpc) is 3.96. The number of furan rings is 1. The molecule has 2 heterocycles. The lowest BCUT2D eigenvalue weighted by Crippen LogP contribution is -2.10. The summed E-state index contributed by atoms with van der Waals surface area (Å²) < 4.78 is 9.15. The van der Waals surface area contributed by atoms with Crippen molar-refractivity contribution in [1.29, 1.82) is 0 Å². The fraction of sp³-hybridized carbons (Fsp3) is 0. The maximum Gasteiger partial charge on any atom is 0.143 e. The normalized spacial score (nSPS) is 11.6. The second-order valence-electron chi connectivity index (χ2n) is 17.3. The van der Waals surface area contributed by atoms with E-state index in [1.807, 2.05) is 0 Å². The molecule has 0 saturated heterocycles. The summed E-state index contributed by atoms with van der Waals surface area (Å²) in [5.41, 5.74) is 17.9. The fourth-order valence-electron chi connectivity index (χ4n) is 10.1. The first kappa shape index (κ1) is 38.5. The van der Waals surface area contributed by atoms with Crippen LogP contribution in [0.1, 0.15) is 0 Å². The zero-order valence-electron chi connectivity index (χ0n) is 36.6. The van der Waals surface area contributed by atoms with Crippen LogP contribution in [-0.4, -0.2) is 4.57 Å². The molecular formula is C64H42N2O. The van der Waals surface area contributed by atoms with Crippen molar-refractivity contribution < 1.29 is 4.42 Å². The van der Waals surface area contributed by atoms with Gasteiger partial charge in [-0.15, -0.1) is 0 Å². The maximum atomic E-state index is 6.75. The van der Waals surface area contributed by atoms with Gasteiger partial charge in [0.2, 0.25) is 0 Å². The predicted octanol–water partition coefficient (Wildman–Crippen LogP) is 18.0. The molecule has 0 amide bonds. The van der Waals surface area contributed by atoms with Crippen LogP contribution in [0.4, 0.5) is 17.1 Å². The Kier molecular flexibility index (Phi) is 9.17. The number of para-hydroxylation sites is 1. The number of nitrogens with zero attached hydrogens (tertiary/aromatic N) is 2. The molecule has 0 unspecified atom stereocenters. The summed E-state index contributed by atoms with van der Waals surface area (Å²) >= 11 is 0. The third-order valence-electron chi connectivity index (χ3n) is 13.4. The van der Waals surface area contributed by atoms with Crippen molar-refractivity contribution >= 4 is 71.6 Å². The highest BCUT2D eigenvalue weighted by molar-refractivity contribution is 6.19. The van der Waals surface area contributed by atoms with E-state index in [0.717, 1.165) is 72.2 Å². The van der Waals surface area contributed by atoms with E-state index in [1.54, 1.807) is 0 Å². The Hall–Kier alpha value is -8.92. The monoisotopic (exact) mass is 854 g/mol. The van der Waals surface area contributed by atoms with Crippen molar-refractivity contribution in [2.24, 2.45) is 0 Å². The van der Waals surface area contributed by atoms with E-state index < -0.39 is 0 Å². The topological polar surface area (TPSA) is 21.3 Å². The van der Waals surface area contributed by atoms with Gasteiger partial charge in [-0.1, -0.05) is 182 Å². The Labute approximate surface area is 388 Å². The SMILES string of the molecule is c1ccc(-c2ccc(-c3ccc(N(c4cccc(-c5ccc6c(c5)c5ccccc5n6-c5cccc(-c6ccccc6)c5)c4)c4cccc5oc6c7ccccc7ccc6c45)cc3)cc2)cc1. The number of benzene rings is 11. The van der Waals surface area contributed by atoms with Crippen LogP contribution in [0.25, 0.3) is 105 Å². The molecule has 0 aliphatic heterocycles. The lowest BCUT2D eigenvalue weighted by atomic mass is 9.99. The van der Waals surface area contributed by atoms with E-state index in [0.29, 0.717) is 0 Å². The van der Waals surface area contributed by atoms with Gasteiger partial charge in [0.05, 0.1) is 22.1 Å². The second kappa shape index (κ2) is 16.0. The molecule has 0 saturated carbocycles. The lowest BCUT2D eigenvalue weighted by molar-refractivity contribution is 0.672. The van der Waals surface area contributed by atoms with E-state index >= 15 is 0 Å². The number of rotatable bonds is 8. The van der Waals surface area contributed by atoms with Crippen molar-refractivity contribution in [3.8, 4) is 50.2 Å². The van der Waals surface area contributed by atoms with Gasteiger partial charge in [-0.05, 0) is 123 Å². The Bertz CT molecular complexity index is 3960. The molecule has 13 rings (SSSR count). The Morgan fingerprint density at radius 1 is 0.313 bits per heavy atom. The molecule has 11 aromatic carbocycles. The van der Waals surface area contributed by atoms with Crippen LogP contribution in [0.2, 0.25) is 0 Å². The molecule has 3 heteroatoms. The summed E-state index contributed by atoms with van der Waals surface area (Å²) in [7, 11) is 0. The van der Waals surface area contributed by atoms with Gasteiger partial charge in [0.15, 0.2) is 0 Å². The van der Waals surface area contributed by atoms with Gasteiger partial charge < -0.3 is 13.9 Å². The summed E-state index contributed by atoms with van der Waals surface area (Å²) in [6, 6.07) is 91.8. The van der Waals surface area contributed by atoms with Crippen LogP contribution in [0.3, 0.4) is 0 Å². The number of aromatic nitrogens is 1. The van der Waals surface area contributed by atoms with Gasteiger partial charge in [0.25, 0.3) is 0 Å². The first-order chi connectivity index (χ1) is 33.2. The smallest absolute Gasteiger partial charge is 0.143 e. The van der Waals surface area contributed by atoms with E-state index in [2.05, 4.69) is 264 Å². The van der Waals surface area contributed by atoms with E-state index in [9.17, 15) is 0 Å². The predicted molar refractivity (Wildman–Crippen MR) is 282 cm³/mol. The Morgan fingerprint density at radius 3 is 1.63 bits per heavy atom. The minimum Gasteiger partial charge on any atom is -0.455 e. The average molecular weight is 855 g/mol. The minimum atomic E-state index is 0.858. The molecule has 314 valence electrons. The third kappa shape index (κ3) is 6.67. The van der Waals surface area contributed by atoms with Gasteiger partial charge in [-0.3, -0.25) is 0 Å². The molecule has 3 nitrogen and oxygen atoms in total. The molecule has 0 radical (unpaired) electrons. The first-order valence-electron chi connectivity index (χ1n) is 22.9. The molecule has 0 spiro atoms. The quantitative estimate of drug-likeness (QED) is 0.152. The van der Waals surface area contributed by atoms with Crippen LogP contribution in [0.15, 0.2) is 259 Å². The highest BCUT2D eigenvalue weighted by Gasteiger charge is 2.22. The number of anilines is 3. The first-order valence-corrected chi connectivity index (χ1v) is 22.9. The standard InChI is InChI=1S/C64H42N2O/c1-3-14-43(15-4-1)45-28-30-46(31-29-45)47-32-36-52(37-33-47)65(61-26-13-27-62-63(61)57-38-34-48-18-7-8-23-55(48)64(57)67-62)53-21-12-20-50(41-53)51-35-39-60-58(42-51)56-24-9-10-25-59(56)66(60)54-22-11-19-49(40-54)44-16-5-2-6-17-44/h1-42H. The van der Waals surface area contributed by atoms with Gasteiger partial charge >= 0.3 is 0 Å². The molecule has 0 N–H and O–H groups in total. The zero-order chi connectivity index (χ0) is 44.3. The Balaban J connectivity index is 0.943. The molecule has 2 aromatic heterocycles. The van der Waals surface area contributed by atoms with Crippen LogP contribution in [0, 0.1) is 0 Å². The zero-order valence-corrected chi connectivity index (χ0v) is 36.6. The second-order valence-corrected chi connectivity index (χ2v) is 17.3. The summed E-state index contributed by atoms with van der Waals surface area (Å²) in [6.07, 6.45) is 0. The van der Waals surface area contributed by atoms with Crippen molar-refractivity contribution in [3.05, 3.63) is 255 Å². The van der Waals surface area contributed by atoms with Crippen LogP contribution < -0.4 is 4.90 Å². The van der Waals surface area contributed by atoms with Crippen molar-refractivity contribution in [1.82, 2.24) is 4.57 Å². The highest BCUT2D eigenvalue weighted by atomic mass is 16.3.